The molecule has 1 aromatic heterocycles. The highest BCUT2D eigenvalue weighted by molar-refractivity contribution is 14.1. The lowest BCUT2D eigenvalue weighted by Crippen LogP contribution is -2.04. The standard InChI is InChI=1S/C11H11IN2O2/c1-3-16-11(15)7-4-5-9-8(6-7)10(12)13-14(9)2/h4-6H,3H2,1-2H3. The summed E-state index contributed by atoms with van der Waals surface area (Å²) < 4.78 is 7.64. The van der Waals surface area contributed by atoms with E-state index >= 15 is 0 Å². The number of carbonyl (C=O) groups is 1. The normalized spacial score (nSPS) is 10.7. The Morgan fingerprint density at radius 2 is 2.31 bits per heavy atom. The van der Waals surface area contributed by atoms with Crippen LogP contribution >= 0.6 is 22.6 Å². The van der Waals surface area contributed by atoms with Gasteiger partial charge in [-0.25, -0.2) is 4.79 Å². The summed E-state index contributed by atoms with van der Waals surface area (Å²) in [4.78, 5) is 11.6. The maximum absolute atomic E-state index is 11.6. The van der Waals surface area contributed by atoms with Crippen LogP contribution in [0.4, 0.5) is 0 Å². The van der Waals surface area contributed by atoms with Crippen LogP contribution in [0.25, 0.3) is 10.9 Å². The molecule has 0 N–H and O–H groups in total. The van der Waals surface area contributed by atoms with Crippen LogP contribution in [-0.2, 0) is 11.8 Å². The molecule has 2 aromatic rings. The number of ether oxygens (including phenoxy) is 1. The maximum Gasteiger partial charge on any atom is 0.338 e. The quantitative estimate of drug-likeness (QED) is 0.627. The molecular weight excluding hydrogens is 319 g/mol. The van der Waals surface area contributed by atoms with E-state index in [1.165, 1.54) is 0 Å². The first-order chi connectivity index (χ1) is 7.63. The fourth-order valence-corrected chi connectivity index (χ4v) is 2.32. The molecule has 1 aromatic carbocycles. The van der Waals surface area contributed by atoms with Gasteiger partial charge in [-0.15, -0.1) is 0 Å². The molecule has 5 heteroatoms. The number of fused-ring (bicyclic) bond motifs is 1. The van der Waals surface area contributed by atoms with Crippen LogP contribution in [-0.4, -0.2) is 22.4 Å². The minimum atomic E-state index is -0.288. The van der Waals surface area contributed by atoms with Crippen molar-refractivity contribution < 1.29 is 9.53 Å². The highest BCUT2D eigenvalue weighted by atomic mass is 127. The van der Waals surface area contributed by atoms with Crippen LogP contribution in [0, 0.1) is 3.70 Å². The zero-order chi connectivity index (χ0) is 11.7. The number of halogens is 1. The van der Waals surface area contributed by atoms with Gasteiger partial charge in [0.05, 0.1) is 17.7 Å². The number of rotatable bonds is 2. The topological polar surface area (TPSA) is 44.1 Å². The molecule has 0 unspecified atom stereocenters. The summed E-state index contributed by atoms with van der Waals surface area (Å²) in [5.41, 5.74) is 1.58. The van der Waals surface area contributed by atoms with Crippen molar-refractivity contribution in [2.24, 2.45) is 7.05 Å². The number of esters is 1. The molecule has 1 heterocycles. The Labute approximate surface area is 107 Å². The summed E-state index contributed by atoms with van der Waals surface area (Å²) in [5.74, 6) is -0.288. The lowest BCUT2D eigenvalue weighted by atomic mass is 10.1. The fourth-order valence-electron chi connectivity index (χ4n) is 1.56. The van der Waals surface area contributed by atoms with Crippen LogP contribution < -0.4 is 0 Å². The van der Waals surface area contributed by atoms with E-state index in [0.717, 1.165) is 14.6 Å². The van der Waals surface area contributed by atoms with Crippen LogP contribution in [0.3, 0.4) is 0 Å². The van der Waals surface area contributed by atoms with E-state index < -0.39 is 0 Å². The molecule has 0 radical (unpaired) electrons. The SMILES string of the molecule is CCOC(=O)c1ccc2c(c1)c(I)nn2C. The van der Waals surface area contributed by atoms with E-state index in [4.69, 9.17) is 4.74 Å². The van der Waals surface area contributed by atoms with E-state index in [2.05, 4.69) is 27.7 Å². The summed E-state index contributed by atoms with van der Waals surface area (Å²) in [6.45, 7) is 2.19. The summed E-state index contributed by atoms with van der Waals surface area (Å²) in [7, 11) is 1.88. The summed E-state index contributed by atoms with van der Waals surface area (Å²) in [5, 5.41) is 5.27. The Morgan fingerprint density at radius 1 is 1.56 bits per heavy atom. The van der Waals surface area contributed by atoms with Gasteiger partial charge in [0.2, 0.25) is 0 Å². The van der Waals surface area contributed by atoms with Crippen molar-refractivity contribution in [1.82, 2.24) is 9.78 Å². The Bertz CT molecular complexity index is 548. The van der Waals surface area contributed by atoms with Gasteiger partial charge in [-0.1, -0.05) is 0 Å². The molecule has 2 rings (SSSR count). The number of nitrogens with zero attached hydrogens (tertiary/aromatic N) is 2. The smallest absolute Gasteiger partial charge is 0.338 e. The van der Waals surface area contributed by atoms with E-state index in [9.17, 15) is 4.79 Å². The van der Waals surface area contributed by atoms with Gasteiger partial charge in [-0.05, 0) is 47.7 Å². The third kappa shape index (κ3) is 1.91. The molecule has 84 valence electrons. The second-order valence-electron chi connectivity index (χ2n) is 3.37. The number of hydrogen-bond acceptors (Lipinski definition) is 3. The average Bonchev–Trinajstić information content (AvgIpc) is 2.55. The van der Waals surface area contributed by atoms with Crippen LogP contribution in [0.15, 0.2) is 18.2 Å². The molecule has 0 aliphatic rings. The second kappa shape index (κ2) is 4.40. The van der Waals surface area contributed by atoms with Crippen molar-refractivity contribution in [3.63, 3.8) is 0 Å². The zero-order valence-electron chi connectivity index (χ0n) is 9.03. The van der Waals surface area contributed by atoms with E-state index in [-0.39, 0.29) is 5.97 Å². The monoisotopic (exact) mass is 330 g/mol. The first kappa shape index (κ1) is 11.4. The van der Waals surface area contributed by atoms with Gasteiger partial charge in [0.15, 0.2) is 0 Å². The summed E-state index contributed by atoms with van der Waals surface area (Å²) >= 11 is 2.16. The first-order valence-electron chi connectivity index (χ1n) is 4.93. The number of aryl methyl sites for hydroxylation is 1. The van der Waals surface area contributed by atoms with Crippen molar-refractivity contribution in [3.05, 3.63) is 27.5 Å². The van der Waals surface area contributed by atoms with E-state index in [0.29, 0.717) is 12.2 Å². The minimum Gasteiger partial charge on any atom is -0.462 e. The Morgan fingerprint density at radius 3 is 3.00 bits per heavy atom. The summed E-state index contributed by atoms with van der Waals surface area (Å²) in [6.07, 6.45) is 0. The van der Waals surface area contributed by atoms with Crippen molar-refractivity contribution in [2.45, 2.75) is 6.92 Å². The third-order valence-corrected chi connectivity index (χ3v) is 3.11. The lowest BCUT2D eigenvalue weighted by Gasteiger charge is -2.01. The number of benzene rings is 1. The first-order valence-corrected chi connectivity index (χ1v) is 6.00. The molecule has 0 atom stereocenters. The largest absolute Gasteiger partial charge is 0.462 e. The molecule has 0 amide bonds. The molecule has 0 saturated heterocycles. The predicted molar refractivity (Wildman–Crippen MR) is 69.4 cm³/mol. The number of hydrogen-bond donors (Lipinski definition) is 0. The Hall–Kier alpha value is -1.11. The highest BCUT2D eigenvalue weighted by Crippen LogP contribution is 2.21. The molecule has 16 heavy (non-hydrogen) atoms. The molecule has 4 nitrogen and oxygen atoms in total. The molecule has 0 bridgehead atoms. The number of carbonyl (C=O) groups excluding carboxylic acids is 1. The molecule has 0 aliphatic carbocycles. The maximum atomic E-state index is 11.6. The van der Waals surface area contributed by atoms with Crippen LogP contribution in [0.5, 0.6) is 0 Å². The second-order valence-corrected chi connectivity index (χ2v) is 4.39. The Kier molecular flexibility index (Phi) is 3.13. The highest BCUT2D eigenvalue weighted by Gasteiger charge is 2.11. The minimum absolute atomic E-state index is 0.288. The van der Waals surface area contributed by atoms with Gasteiger partial charge < -0.3 is 4.74 Å². The fraction of sp³-hybridized carbons (Fsp3) is 0.273. The molecule has 0 aliphatic heterocycles. The van der Waals surface area contributed by atoms with Crippen molar-refractivity contribution in [2.75, 3.05) is 6.61 Å². The van der Waals surface area contributed by atoms with Gasteiger partial charge in [0, 0.05) is 12.4 Å². The van der Waals surface area contributed by atoms with Crippen molar-refractivity contribution in [3.8, 4) is 0 Å². The zero-order valence-corrected chi connectivity index (χ0v) is 11.2. The average molecular weight is 330 g/mol. The summed E-state index contributed by atoms with van der Waals surface area (Å²) in [6, 6.07) is 5.47. The van der Waals surface area contributed by atoms with Gasteiger partial charge in [-0.3, -0.25) is 4.68 Å². The Balaban J connectivity index is 2.51. The van der Waals surface area contributed by atoms with Gasteiger partial charge >= 0.3 is 5.97 Å². The van der Waals surface area contributed by atoms with E-state index in [1.54, 1.807) is 17.7 Å². The van der Waals surface area contributed by atoms with Gasteiger partial charge in [0.25, 0.3) is 0 Å². The molecule has 0 saturated carbocycles. The van der Waals surface area contributed by atoms with Crippen LogP contribution in [0.1, 0.15) is 17.3 Å². The van der Waals surface area contributed by atoms with Crippen molar-refractivity contribution in [1.29, 1.82) is 0 Å². The lowest BCUT2D eigenvalue weighted by molar-refractivity contribution is 0.0526. The van der Waals surface area contributed by atoms with Crippen LogP contribution in [0.2, 0.25) is 0 Å². The van der Waals surface area contributed by atoms with Gasteiger partial charge in [-0.2, -0.15) is 5.10 Å². The third-order valence-electron chi connectivity index (χ3n) is 2.32. The van der Waals surface area contributed by atoms with Gasteiger partial charge in [0.1, 0.15) is 3.70 Å². The molecular formula is C11H11IN2O2. The number of aromatic nitrogens is 2. The molecule has 0 spiro atoms. The molecule has 0 fully saturated rings. The van der Waals surface area contributed by atoms with E-state index in [1.807, 2.05) is 19.2 Å². The predicted octanol–water partition coefficient (Wildman–Crippen LogP) is 2.35. The van der Waals surface area contributed by atoms with Crippen molar-refractivity contribution >= 4 is 39.5 Å².